The minimum atomic E-state index is -0.158. The third-order valence-corrected chi connectivity index (χ3v) is 3.18. The molecule has 1 aromatic rings. The number of urea groups is 1. The second kappa shape index (κ2) is 4.46. The molecule has 1 atom stereocenters. The van der Waals surface area contributed by atoms with E-state index >= 15 is 0 Å². The summed E-state index contributed by atoms with van der Waals surface area (Å²) in [5, 5.41) is 11.5. The molecule has 1 aliphatic heterocycles. The number of hydrogen-bond acceptors (Lipinski definition) is 2. The molecule has 88 valence electrons. The Morgan fingerprint density at radius 3 is 2.88 bits per heavy atom. The Morgan fingerprint density at radius 2 is 2.24 bits per heavy atom. The smallest absolute Gasteiger partial charge is 0.318 e. The third-order valence-electron chi connectivity index (χ3n) is 3.18. The van der Waals surface area contributed by atoms with Crippen molar-refractivity contribution in [1.29, 1.82) is 5.26 Å². The van der Waals surface area contributed by atoms with E-state index in [1.807, 2.05) is 12.1 Å². The van der Waals surface area contributed by atoms with Crippen LogP contribution in [0.4, 0.5) is 4.79 Å². The SMILES string of the molecule is Cc1ccc(C2CN(CC#N)C(=O)N2)cc1C. The summed E-state index contributed by atoms with van der Waals surface area (Å²) in [6, 6.07) is 8.02. The van der Waals surface area contributed by atoms with Gasteiger partial charge in [-0.2, -0.15) is 5.26 Å². The molecule has 0 aromatic heterocycles. The number of benzene rings is 1. The van der Waals surface area contributed by atoms with Gasteiger partial charge in [0, 0.05) is 6.54 Å². The third kappa shape index (κ3) is 2.23. The van der Waals surface area contributed by atoms with E-state index in [4.69, 9.17) is 5.26 Å². The highest BCUT2D eigenvalue weighted by Gasteiger charge is 2.29. The molecule has 4 heteroatoms. The predicted octanol–water partition coefficient (Wildman–Crippen LogP) is 1.89. The number of aryl methyl sites for hydroxylation is 2. The van der Waals surface area contributed by atoms with Crippen LogP contribution in [0.15, 0.2) is 18.2 Å². The Kier molecular flexibility index (Phi) is 3.01. The van der Waals surface area contributed by atoms with Gasteiger partial charge in [0.15, 0.2) is 0 Å². The van der Waals surface area contributed by atoms with Crippen LogP contribution in [0, 0.1) is 25.2 Å². The van der Waals surface area contributed by atoms with Gasteiger partial charge < -0.3 is 10.2 Å². The molecule has 1 unspecified atom stereocenters. The minimum Gasteiger partial charge on any atom is -0.329 e. The number of amides is 2. The highest BCUT2D eigenvalue weighted by atomic mass is 16.2. The van der Waals surface area contributed by atoms with Gasteiger partial charge in [-0.15, -0.1) is 0 Å². The summed E-state index contributed by atoms with van der Waals surface area (Å²) in [7, 11) is 0. The summed E-state index contributed by atoms with van der Waals surface area (Å²) in [6.07, 6.45) is 0. The monoisotopic (exact) mass is 229 g/mol. The first-order valence-corrected chi connectivity index (χ1v) is 5.61. The molecule has 1 fully saturated rings. The molecule has 0 spiro atoms. The lowest BCUT2D eigenvalue weighted by Crippen LogP contribution is -2.28. The Labute approximate surface area is 101 Å². The van der Waals surface area contributed by atoms with E-state index < -0.39 is 0 Å². The summed E-state index contributed by atoms with van der Waals surface area (Å²) < 4.78 is 0. The molecule has 1 heterocycles. The second-order valence-corrected chi connectivity index (χ2v) is 4.38. The first kappa shape index (κ1) is 11.5. The van der Waals surface area contributed by atoms with Crippen LogP contribution in [0.1, 0.15) is 22.7 Å². The molecular weight excluding hydrogens is 214 g/mol. The van der Waals surface area contributed by atoms with Gasteiger partial charge in [0.1, 0.15) is 6.54 Å². The standard InChI is InChI=1S/C13H15N3O/c1-9-3-4-11(7-10(9)2)12-8-16(6-5-14)13(17)15-12/h3-4,7,12H,6,8H2,1-2H3,(H,15,17). The van der Waals surface area contributed by atoms with Gasteiger partial charge in [-0.25, -0.2) is 4.79 Å². The topological polar surface area (TPSA) is 56.1 Å². The van der Waals surface area contributed by atoms with Crippen molar-refractivity contribution in [2.24, 2.45) is 0 Å². The normalized spacial score (nSPS) is 19.0. The first-order valence-electron chi connectivity index (χ1n) is 5.61. The van der Waals surface area contributed by atoms with Crippen molar-refractivity contribution < 1.29 is 4.79 Å². The zero-order chi connectivity index (χ0) is 12.4. The minimum absolute atomic E-state index is 0.00449. The van der Waals surface area contributed by atoms with Crippen molar-refractivity contribution in [3.63, 3.8) is 0 Å². The lowest BCUT2D eigenvalue weighted by atomic mass is 10.0. The average Bonchev–Trinajstić information content (AvgIpc) is 2.65. The number of carbonyl (C=O) groups excluding carboxylic acids is 1. The molecule has 2 rings (SSSR count). The molecule has 17 heavy (non-hydrogen) atoms. The van der Waals surface area contributed by atoms with Gasteiger partial charge in [0.25, 0.3) is 0 Å². The molecule has 1 aromatic carbocycles. The molecule has 0 bridgehead atoms. The van der Waals surface area contributed by atoms with E-state index in [1.54, 1.807) is 0 Å². The van der Waals surface area contributed by atoms with Crippen LogP contribution in [-0.2, 0) is 0 Å². The molecule has 2 amide bonds. The molecule has 1 aliphatic rings. The Bertz CT molecular complexity index is 490. The maximum atomic E-state index is 11.6. The summed E-state index contributed by atoms with van der Waals surface area (Å²) in [6.45, 7) is 4.83. The maximum absolute atomic E-state index is 11.6. The van der Waals surface area contributed by atoms with E-state index in [0.29, 0.717) is 6.54 Å². The second-order valence-electron chi connectivity index (χ2n) is 4.38. The summed E-state index contributed by atoms with van der Waals surface area (Å²) in [5.41, 5.74) is 3.56. The van der Waals surface area contributed by atoms with Gasteiger partial charge in [-0.05, 0) is 30.5 Å². The molecule has 4 nitrogen and oxygen atoms in total. The zero-order valence-electron chi connectivity index (χ0n) is 10.0. The van der Waals surface area contributed by atoms with Crippen LogP contribution < -0.4 is 5.32 Å². The fraction of sp³-hybridized carbons (Fsp3) is 0.385. The van der Waals surface area contributed by atoms with Gasteiger partial charge >= 0.3 is 6.03 Å². The number of nitrogens with zero attached hydrogens (tertiary/aromatic N) is 2. The van der Waals surface area contributed by atoms with Crippen LogP contribution in [-0.4, -0.2) is 24.0 Å². The average molecular weight is 229 g/mol. The van der Waals surface area contributed by atoms with Crippen molar-refractivity contribution in [3.8, 4) is 6.07 Å². The molecule has 1 saturated heterocycles. The zero-order valence-corrected chi connectivity index (χ0v) is 10.0. The fourth-order valence-electron chi connectivity index (χ4n) is 1.98. The Morgan fingerprint density at radius 1 is 1.47 bits per heavy atom. The van der Waals surface area contributed by atoms with Gasteiger partial charge in [0.2, 0.25) is 0 Å². The Balaban J connectivity index is 2.17. The van der Waals surface area contributed by atoms with Crippen LogP contribution >= 0.6 is 0 Å². The molecular formula is C13H15N3O. The van der Waals surface area contributed by atoms with Crippen molar-refractivity contribution >= 4 is 6.03 Å². The summed E-state index contributed by atoms with van der Waals surface area (Å²) in [5.74, 6) is 0. The summed E-state index contributed by atoms with van der Waals surface area (Å²) >= 11 is 0. The van der Waals surface area contributed by atoms with Crippen LogP contribution in [0.2, 0.25) is 0 Å². The quantitative estimate of drug-likeness (QED) is 0.787. The van der Waals surface area contributed by atoms with Crippen molar-refractivity contribution in [2.45, 2.75) is 19.9 Å². The van der Waals surface area contributed by atoms with Gasteiger partial charge in [0.05, 0.1) is 12.1 Å². The first-order chi connectivity index (χ1) is 8.11. The van der Waals surface area contributed by atoms with Crippen molar-refractivity contribution in [1.82, 2.24) is 10.2 Å². The highest BCUT2D eigenvalue weighted by Crippen LogP contribution is 2.22. The maximum Gasteiger partial charge on any atom is 0.318 e. The van der Waals surface area contributed by atoms with Crippen molar-refractivity contribution in [3.05, 3.63) is 34.9 Å². The molecule has 0 radical (unpaired) electrons. The molecule has 0 saturated carbocycles. The van der Waals surface area contributed by atoms with E-state index in [1.165, 1.54) is 16.0 Å². The van der Waals surface area contributed by atoms with Crippen molar-refractivity contribution in [2.75, 3.05) is 13.1 Å². The van der Waals surface area contributed by atoms with E-state index in [0.717, 1.165) is 5.56 Å². The Hall–Kier alpha value is -2.02. The molecule has 1 N–H and O–H groups in total. The van der Waals surface area contributed by atoms with Crippen LogP contribution in [0.3, 0.4) is 0 Å². The molecule has 0 aliphatic carbocycles. The van der Waals surface area contributed by atoms with Gasteiger partial charge in [-0.1, -0.05) is 18.2 Å². The summed E-state index contributed by atoms with van der Waals surface area (Å²) in [4.78, 5) is 13.1. The van der Waals surface area contributed by atoms with E-state index in [9.17, 15) is 4.79 Å². The number of nitrogens with one attached hydrogen (secondary N) is 1. The fourth-order valence-corrected chi connectivity index (χ4v) is 1.98. The lowest BCUT2D eigenvalue weighted by molar-refractivity contribution is 0.222. The number of rotatable bonds is 2. The lowest BCUT2D eigenvalue weighted by Gasteiger charge is -2.12. The van der Waals surface area contributed by atoms with Gasteiger partial charge in [-0.3, -0.25) is 0 Å². The van der Waals surface area contributed by atoms with Crippen LogP contribution in [0.5, 0.6) is 0 Å². The number of hydrogen-bond donors (Lipinski definition) is 1. The number of carbonyl (C=O) groups is 1. The highest BCUT2D eigenvalue weighted by molar-refractivity contribution is 5.77. The van der Waals surface area contributed by atoms with Crippen LogP contribution in [0.25, 0.3) is 0 Å². The number of nitriles is 1. The predicted molar refractivity (Wildman–Crippen MR) is 64.4 cm³/mol. The van der Waals surface area contributed by atoms with E-state index in [2.05, 4.69) is 31.3 Å². The van der Waals surface area contributed by atoms with E-state index in [-0.39, 0.29) is 18.6 Å². The largest absolute Gasteiger partial charge is 0.329 e.